The lowest BCUT2D eigenvalue weighted by atomic mass is 9.72. The number of alkyl halides is 1. The first kappa shape index (κ1) is 9.69. The minimum atomic E-state index is -0.282. The summed E-state index contributed by atoms with van der Waals surface area (Å²) in [5.41, 5.74) is -0.148. The quantitative estimate of drug-likeness (QED) is 0.596. The van der Waals surface area contributed by atoms with Crippen LogP contribution in [-0.4, -0.2) is 13.0 Å². The summed E-state index contributed by atoms with van der Waals surface area (Å²) in [6, 6.07) is 0. The van der Waals surface area contributed by atoms with Gasteiger partial charge in [0, 0.05) is 5.41 Å². The maximum atomic E-state index is 11.9. The standard InChI is InChI=1S/C10H17FO/c11-8-4-7-10(9-12)5-2-1-3-6-10/h9H,1-8H2. The second kappa shape index (κ2) is 4.58. The van der Waals surface area contributed by atoms with Gasteiger partial charge in [-0.1, -0.05) is 19.3 Å². The molecule has 0 heterocycles. The zero-order valence-electron chi connectivity index (χ0n) is 7.52. The van der Waals surface area contributed by atoms with E-state index < -0.39 is 0 Å². The molecule has 0 bridgehead atoms. The molecular formula is C10H17FO. The Labute approximate surface area is 73.3 Å². The van der Waals surface area contributed by atoms with Crippen LogP contribution in [0.4, 0.5) is 4.39 Å². The van der Waals surface area contributed by atoms with Gasteiger partial charge in [-0.15, -0.1) is 0 Å². The first-order valence-electron chi connectivity index (χ1n) is 4.85. The fourth-order valence-corrected chi connectivity index (χ4v) is 2.10. The third-order valence-corrected chi connectivity index (χ3v) is 2.91. The Kier molecular flexibility index (Phi) is 3.70. The first-order valence-corrected chi connectivity index (χ1v) is 4.85. The summed E-state index contributed by atoms with van der Waals surface area (Å²) < 4.78 is 11.9. The maximum absolute atomic E-state index is 11.9. The SMILES string of the molecule is O=CC1(CCCF)CCCCC1. The molecule has 0 aromatic heterocycles. The van der Waals surface area contributed by atoms with Crippen LogP contribution in [0.3, 0.4) is 0 Å². The lowest BCUT2D eigenvalue weighted by Gasteiger charge is -2.31. The molecule has 1 fully saturated rings. The van der Waals surface area contributed by atoms with Gasteiger partial charge < -0.3 is 4.79 Å². The van der Waals surface area contributed by atoms with Gasteiger partial charge in [0.1, 0.15) is 6.29 Å². The molecule has 0 aliphatic heterocycles. The third kappa shape index (κ3) is 2.29. The molecule has 2 heteroatoms. The van der Waals surface area contributed by atoms with Crippen molar-refractivity contribution in [2.24, 2.45) is 5.41 Å². The molecule has 70 valence electrons. The molecule has 0 radical (unpaired) electrons. The number of hydrogen-bond donors (Lipinski definition) is 0. The molecule has 0 aromatic rings. The van der Waals surface area contributed by atoms with Crippen LogP contribution >= 0.6 is 0 Å². The fourth-order valence-electron chi connectivity index (χ4n) is 2.10. The second-order valence-electron chi connectivity index (χ2n) is 3.83. The van der Waals surface area contributed by atoms with E-state index in [9.17, 15) is 9.18 Å². The molecule has 0 spiro atoms. The number of rotatable bonds is 4. The topological polar surface area (TPSA) is 17.1 Å². The third-order valence-electron chi connectivity index (χ3n) is 2.91. The van der Waals surface area contributed by atoms with Crippen molar-refractivity contribution in [3.8, 4) is 0 Å². The number of halogens is 1. The molecule has 0 N–H and O–H groups in total. The molecule has 0 unspecified atom stereocenters. The summed E-state index contributed by atoms with van der Waals surface area (Å²) in [6.45, 7) is -0.282. The van der Waals surface area contributed by atoms with E-state index in [-0.39, 0.29) is 12.1 Å². The molecule has 12 heavy (non-hydrogen) atoms. The molecular weight excluding hydrogens is 155 g/mol. The van der Waals surface area contributed by atoms with Gasteiger partial charge >= 0.3 is 0 Å². The monoisotopic (exact) mass is 172 g/mol. The van der Waals surface area contributed by atoms with Crippen LogP contribution in [0, 0.1) is 5.41 Å². The van der Waals surface area contributed by atoms with Gasteiger partial charge in [0.25, 0.3) is 0 Å². The van der Waals surface area contributed by atoms with Crippen molar-refractivity contribution in [3.63, 3.8) is 0 Å². The Morgan fingerprint density at radius 2 is 1.92 bits per heavy atom. The minimum Gasteiger partial charge on any atom is -0.303 e. The fraction of sp³-hybridized carbons (Fsp3) is 0.900. The van der Waals surface area contributed by atoms with Crippen molar-refractivity contribution in [1.29, 1.82) is 0 Å². The number of aldehydes is 1. The Bertz CT molecular complexity index is 139. The van der Waals surface area contributed by atoms with Gasteiger partial charge in [-0.25, -0.2) is 0 Å². The summed E-state index contributed by atoms with van der Waals surface area (Å²) in [7, 11) is 0. The number of carbonyl (C=O) groups is 1. The summed E-state index contributed by atoms with van der Waals surface area (Å²) in [4.78, 5) is 10.9. The van der Waals surface area contributed by atoms with E-state index in [1.165, 1.54) is 6.42 Å². The van der Waals surface area contributed by atoms with Crippen molar-refractivity contribution in [2.45, 2.75) is 44.9 Å². The Hall–Kier alpha value is -0.400. The molecule has 0 aromatic carbocycles. The van der Waals surface area contributed by atoms with Gasteiger partial charge in [0.15, 0.2) is 0 Å². The highest BCUT2D eigenvalue weighted by Gasteiger charge is 2.30. The van der Waals surface area contributed by atoms with Crippen molar-refractivity contribution in [2.75, 3.05) is 6.67 Å². The molecule has 1 nitrogen and oxygen atoms in total. The normalized spacial score (nSPS) is 22.1. The average molecular weight is 172 g/mol. The number of hydrogen-bond acceptors (Lipinski definition) is 1. The van der Waals surface area contributed by atoms with E-state index in [2.05, 4.69) is 0 Å². The minimum absolute atomic E-state index is 0.148. The summed E-state index contributed by atoms with van der Waals surface area (Å²) in [5.74, 6) is 0. The van der Waals surface area contributed by atoms with Crippen LogP contribution in [-0.2, 0) is 4.79 Å². The van der Waals surface area contributed by atoms with E-state index in [0.29, 0.717) is 6.42 Å². The molecule has 1 aliphatic carbocycles. The van der Waals surface area contributed by atoms with E-state index in [4.69, 9.17) is 0 Å². The predicted molar refractivity (Wildman–Crippen MR) is 46.8 cm³/mol. The van der Waals surface area contributed by atoms with Gasteiger partial charge in [0.05, 0.1) is 6.67 Å². The van der Waals surface area contributed by atoms with Crippen molar-refractivity contribution >= 4 is 6.29 Å². The predicted octanol–water partition coefficient (Wildman–Crippen LogP) is 2.89. The first-order chi connectivity index (χ1) is 5.83. The average Bonchev–Trinajstić information content (AvgIpc) is 2.16. The van der Waals surface area contributed by atoms with Crippen LogP contribution in [0.15, 0.2) is 0 Å². The highest BCUT2D eigenvalue weighted by Crippen LogP contribution is 2.38. The maximum Gasteiger partial charge on any atom is 0.126 e. The summed E-state index contributed by atoms with van der Waals surface area (Å²) in [5, 5.41) is 0. The zero-order valence-corrected chi connectivity index (χ0v) is 7.52. The molecule has 0 amide bonds. The molecule has 0 saturated heterocycles. The second-order valence-corrected chi connectivity index (χ2v) is 3.83. The van der Waals surface area contributed by atoms with Crippen LogP contribution in [0.1, 0.15) is 44.9 Å². The highest BCUT2D eigenvalue weighted by molar-refractivity contribution is 5.59. The molecule has 0 atom stereocenters. The van der Waals surface area contributed by atoms with Crippen LogP contribution in [0.25, 0.3) is 0 Å². The number of carbonyl (C=O) groups excluding carboxylic acids is 1. The van der Waals surface area contributed by atoms with Gasteiger partial charge in [-0.3, -0.25) is 4.39 Å². The summed E-state index contributed by atoms with van der Waals surface area (Å²) in [6.07, 6.45) is 7.88. The van der Waals surface area contributed by atoms with Crippen molar-refractivity contribution in [1.82, 2.24) is 0 Å². The van der Waals surface area contributed by atoms with E-state index >= 15 is 0 Å². The van der Waals surface area contributed by atoms with Gasteiger partial charge in [0.2, 0.25) is 0 Å². The Morgan fingerprint density at radius 3 is 2.42 bits per heavy atom. The lowest BCUT2D eigenvalue weighted by Crippen LogP contribution is -2.25. The lowest BCUT2D eigenvalue weighted by molar-refractivity contribution is -0.118. The highest BCUT2D eigenvalue weighted by atomic mass is 19.1. The Morgan fingerprint density at radius 1 is 1.25 bits per heavy atom. The van der Waals surface area contributed by atoms with Crippen LogP contribution < -0.4 is 0 Å². The van der Waals surface area contributed by atoms with Crippen LogP contribution in [0.5, 0.6) is 0 Å². The van der Waals surface area contributed by atoms with E-state index in [0.717, 1.165) is 38.4 Å². The van der Waals surface area contributed by atoms with E-state index in [1.54, 1.807) is 0 Å². The largest absolute Gasteiger partial charge is 0.303 e. The molecule has 1 saturated carbocycles. The van der Waals surface area contributed by atoms with Crippen LogP contribution in [0.2, 0.25) is 0 Å². The zero-order chi connectivity index (χ0) is 8.86. The smallest absolute Gasteiger partial charge is 0.126 e. The van der Waals surface area contributed by atoms with Gasteiger partial charge in [-0.2, -0.15) is 0 Å². The molecule has 1 rings (SSSR count). The van der Waals surface area contributed by atoms with Crippen molar-refractivity contribution in [3.05, 3.63) is 0 Å². The van der Waals surface area contributed by atoms with Crippen molar-refractivity contribution < 1.29 is 9.18 Å². The van der Waals surface area contributed by atoms with Gasteiger partial charge in [-0.05, 0) is 25.7 Å². The van der Waals surface area contributed by atoms with E-state index in [1.807, 2.05) is 0 Å². The Balaban J connectivity index is 2.42. The molecule has 1 aliphatic rings. The summed E-state index contributed by atoms with van der Waals surface area (Å²) >= 11 is 0.